The van der Waals surface area contributed by atoms with Crippen molar-refractivity contribution in [3.8, 4) is 5.75 Å². The third kappa shape index (κ3) is 4.62. The summed E-state index contributed by atoms with van der Waals surface area (Å²) < 4.78 is 10.9. The predicted molar refractivity (Wildman–Crippen MR) is 115 cm³/mol. The summed E-state index contributed by atoms with van der Waals surface area (Å²) in [7, 11) is 0. The molecule has 2 heterocycles. The number of thiophene rings is 1. The smallest absolute Gasteiger partial charge is 0.344 e. The van der Waals surface area contributed by atoms with Gasteiger partial charge in [-0.2, -0.15) is 0 Å². The van der Waals surface area contributed by atoms with Crippen LogP contribution >= 0.6 is 22.9 Å². The van der Waals surface area contributed by atoms with E-state index in [4.69, 9.17) is 21.1 Å². The van der Waals surface area contributed by atoms with Gasteiger partial charge in [0.2, 0.25) is 0 Å². The summed E-state index contributed by atoms with van der Waals surface area (Å²) in [5.74, 6) is 0.560. The average Bonchev–Trinajstić information content (AvgIpc) is 2.94. The molecule has 3 aromatic rings. The number of halogens is 1. The second-order valence-electron chi connectivity index (χ2n) is 7.22. The first-order chi connectivity index (χ1) is 13.7. The highest BCUT2D eigenvalue weighted by Crippen LogP contribution is 2.32. The lowest BCUT2D eigenvalue weighted by Crippen LogP contribution is -2.18. The standard InChI is InChI=1S/C21H23ClN2O4S/c1-10(2)14-7-15(22)11(3)6-16(14)27-9-18(25)28-8-17-23-20(26)19-12(4)13(5)29-21(19)24-17/h6-7,10H,8-9H2,1-5H3,(H,23,24,26). The Morgan fingerprint density at radius 2 is 2.00 bits per heavy atom. The normalized spacial score (nSPS) is 11.3. The summed E-state index contributed by atoms with van der Waals surface area (Å²) in [5, 5.41) is 1.25. The van der Waals surface area contributed by atoms with Gasteiger partial charge in [0, 0.05) is 9.90 Å². The number of aromatic amines is 1. The maximum Gasteiger partial charge on any atom is 0.344 e. The summed E-state index contributed by atoms with van der Waals surface area (Å²) in [5.41, 5.74) is 2.50. The molecule has 0 aliphatic heterocycles. The minimum absolute atomic E-state index is 0.125. The fourth-order valence-corrected chi connectivity index (χ4v) is 4.16. The fraction of sp³-hybridized carbons (Fsp3) is 0.381. The lowest BCUT2D eigenvalue weighted by molar-refractivity contribution is -0.147. The SMILES string of the molecule is Cc1cc(OCC(=O)OCc2nc3sc(C)c(C)c3c(=O)[nH]2)c(C(C)C)cc1Cl. The number of ether oxygens (including phenoxy) is 2. The molecule has 0 aliphatic carbocycles. The number of fused-ring (bicyclic) bond motifs is 1. The molecule has 0 spiro atoms. The summed E-state index contributed by atoms with van der Waals surface area (Å²) in [6, 6.07) is 3.68. The lowest BCUT2D eigenvalue weighted by Gasteiger charge is -2.15. The Bertz CT molecular complexity index is 1130. The summed E-state index contributed by atoms with van der Waals surface area (Å²) >= 11 is 7.64. The van der Waals surface area contributed by atoms with Crippen LogP contribution in [-0.4, -0.2) is 22.5 Å². The molecule has 3 rings (SSSR count). The first kappa shape index (κ1) is 21.3. The molecular formula is C21H23ClN2O4S. The Kier molecular flexibility index (Phi) is 6.29. The minimum atomic E-state index is -0.548. The molecule has 8 heteroatoms. The molecule has 0 radical (unpaired) electrons. The number of nitrogens with zero attached hydrogens (tertiary/aromatic N) is 1. The monoisotopic (exact) mass is 434 g/mol. The van der Waals surface area contributed by atoms with E-state index in [1.807, 2.05) is 46.8 Å². The number of aromatic nitrogens is 2. The number of rotatable bonds is 6. The molecule has 0 saturated heterocycles. The van der Waals surface area contributed by atoms with Gasteiger partial charge in [-0.05, 0) is 55.5 Å². The highest BCUT2D eigenvalue weighted by molar-refractivity contribution is 7.18. The zero-order chi connectivity index (χ0) is 21.3. The van der Waals surface area contributed by atoms with Crippen LogP contribution in [0.25, 0.3) is 10.2 Å². The first-order valence-corrected chi connectivity index (χ1v) is 10.4. The van der Waals surface area contributed by atoms with Crippen molar-refractivity contribution < 1.29 is 14.3 Å². The van der Waals surface area contributed by atoms with Crippen molar-refractivity contribution in [1.29, 1.82) is 0 Å². The van der Waals surface area contributed by atoms with Gasteiger partial charge in [-0.15, -0.1) is 11.3 Å². The number of hydrogen-bond donors (Lipinski definition) is 1. The van der Waals surface area contributed by atoms with Crippen LogP contribution in [0.4, 0.5) is 0 Å². The third-order valence-corrected chi connectivity index (χ3v) is 6.22. The van der Waals surface area contributed by atoms with E-state index in [0.717, 1.165) is 21.6 Å². The molecule has 0 fully saturated rings. The molecule has 0 bridgehead atoms. The Morgan fingerprint density at radius 3 is 2.69 bits per heavy atom. The highest BCUT2D eigenvalue weighted by Gasteiger charge is 2.15. The van der Waals surface area contributed by atoms with Gasteiger partial charge in [0.05, 0.1) is 5.39 Å². The van der Waals surface area contributed by atoms with Crippen LogP contribution in [0.3, 0.4) is 0 Å². The van der Waals surface area contributed by atoms with E-state index >= 15 is 0 Å². The van der Waals surface area contributed by atoms with Crippen molar-refractivity contribution in [2.45, 2.75) is 47.1 Å². The number of esters is 1. The van der Waals surface area contributed by atoms with Gasteiger partial charge < -0.3 is 14.5 Å². The number of nitrogens with one attached hydrogen (secondary N) is 1. The molecule has 1 N–H and O–H groups in total. The number of hydrogen-bond acceptors (Lipinski definition) is 6. The fourth-order valence-electron chi connectivity index (χ4n) is 2.94. The van der Waals surface area contributed by atoms with Crippen LogP contribution in [0, 0.1) is 20.8 Å². The van der Waals surface area contributed by atoms with Crippen LogP contribution in [-0.2, 0) is 16.1 Å². The molecule has 29 heavy (non-hydrogen) atoms. The summed E-state index contributed by atoms with van der Waals surface area (Å²) in [6.45, 7) is 9.40. The van der Waals surface area contributed by atoms with Crippen molar-refractivity contribution in [3.63, 3.8) is 0 Å². The van der Waals surface area contributed by atoms with E-state index in [1.165, 1.54) is 11.3 Å². The van der Waals surface area contributed by atoms with Crippen LogP contribution in [0.1, 0.15) is 47.2 Å². The van der Waals surface area contributed by atoms with Gasteiger partial charge in [-0.25, -0.2) is 9.78 Å². The van der Waals surface area contributed by atoms with E-state index in [-0.39, 0.29) is 24.7 Å². The van der Waals surface area contributed by atoms with Gasteiger partial charge in [-0.1, -0.05) is 25.4 Å². The molecule has 154 valence electrons. The Hall–Kier alpha value is -2.38. The third-order valence-electron chi connectivity index (χ3n) is 4.72. The zero-order valence-corrected chi connectivity index (χ0v) is 18.6. The largest absolute Gasteiger partial charge is 0.482 e. The second kappa shape index (κ2) is 8.55. The van der Waals surface area contributed by atoms with E-state index in [9.17, 15) is 9.59 Å². The quantitative estimate of drug-likeness (QED) is 0.563. The number of aryl methyl sites for hydroxylation is 3. The molecular weight excluding hydrogens is 412 g/mol. The van der Waals surface area contributed by atoms with Crippen molar-refractivity contribution in [2.24, 2.45) is 0 Å². The van der Waals surface area contributed by atoms with Gasteiger partial charge in [0.15, 0.2) is 6.61 Å². The number of H-pyrrole nitrogens is 1. The van der Waals surface area contributed by atoms with Crippen LogP contribution in [0.5, 0.6) is 5.75 Å². The Labute approximate surface area is 177 Å². The predicted octanol–water partition coefficient (Wildman–Crippen LogP) is 4.81. The van der Waals surface area contributed by atoms with Crippen molar-refractivity contribution in [1.82, 2.24) is 9.97 Å². The first-order valence-electron chi connectivity index (χ1n) is 9.24. The second-order valence-corrected chi connectivity index (χ2v) is 8.83. The zero-order valence-electron chi connectivity index (χ0n) is 17.0. The molecule has 2 aromatic heterocycles. The number of carbonyl (C=O) groups excluding carboxylic acids is 1. The van der Waals surface area contributed by atoms with Crippen molar-refractivity contribution in [2.75, 3.05) is 6.61 Å². The van der Waals surface area contributed by atoms with E-state index in [1.54, 1.807) is 0 Å². The molecule has 0 amide bonds. The molecule has 0 saturated carbocycles. The average molecular weight is 435 g/mol. The van der Waals surface area contributed by atoms with Crippen LogP contribution < -0.4 is 10.3 Å². The van der Waals surface area contributed by atoms with Gasteiger partial charge >= 0.3 is 5.97 Å². The van der Waals surface area contributed by atoms with Gasteiger partial charge in [0.1, 0.15) is 23.0 Å². The van der Waals surface area contributed by atoms with E-state index in [0.29, 0.717) is 26.8 Å². The molecule has 0 unspecified atom stereocenters. The molecule has 0 atom stereocenters. The maximum atomic E-state index is 12.3. The van der Waals surface area contributed by atoms with Crippen LogP contribution in [0.15, 0.2) is 16.9 Å². The molecule has 1 aromatic carbocycles. The summed E-state index contributed by atoms with van der Waals surface area (Å²) in [4.78, 5) is 33.2. The van der Waals surface area contributed by atoms with Crippen molar-refractivity contribution in [3.05, 3.63) is 54.9 Å². The van der Waals surface area contributed by atoms with E-state index < -0.39 is 5.97 Å². The Balaban J connectivity index is 1.66. The summed E-state index contributed by atoms with van der Waals surface area (Å²) in [6.07, 6.45) is 0. The number of carbonyl (C=O) groups is 1. The molecule has 6 nitrogen and oxygen atoms in total. The van der Waals surface area contributed by atoms with Crippen molar-refractivity contribution >= 4 is 39.1 Å². The maximum absolute atomic E-state index is 12.3. The number of benzene rings is 1. The topological polar surface area (TPSA) is 81.3 Å². The van der Waals surface area contributed by atoms with E-state index in [2.05, 4.69) is 9.97 Å². The molecule has 0 aliphatic rings. The van der Waals surface area contributed by atoms with Gasteiger partial charge in [0.25, 0.3) is 5.56 Å². The lowest BCUT2D eigenvalue weighted by atomic mass is 10.0. The van der Waals surface area contributed by atoms with Crippen LogP contribution in [0.2, 0.25) is 5.02 Å². The van der Waals surface area contributed by atoms with Gasteiger partial charge in [-0.3, -0.25) is 4.79 Å². The minimum Gasteiger partial charge on any atom is -0.482 e. The Morgan fingerprint density at radius 1 is 1.28 bits per heavy atom. The highest BCUT2D eigenvalue weighted by atomic mass is 35.5.